The highest BCUT2D eigenvalue weighted by atomic mass is 31.2. The molecule has 0 aliphatic heterocycles. The fourth-order valence-electron chi connectivity index (χ4n) is 2.18. The molecule has 22 heavy (non-hydrogen) atoms. The van der Waals surface area contributed by atoms with Crippen molar-refractivity contribution in [2.45, 2.75) is 19.4 Å². The van der Waals surface area contributed by atoms with Crippen molar-refractivity contribution in [2.24, 2.45) is 0 Å². The Labute approximate surface area is 130 Å². The van der Waals surface area contributed by atoms with Crippen molar-refractivity contribution < 1.29 is 18.7 Å². The first kappa shape index (κ1) is 16.6. The molecule has 0 saturated carbocycles. The minimum atomic E-state index is -3.92. The van der Waals surface area contributed by atoms with Gasteiger partial charge in [-0.15, -0.1) is 0 Å². The van der Waals surface area contributed by atoms with Gasteiger partial charge in [-0.25, -0.2) is 9.65 Å². The van der Waals surface area contributed by atoms with Gasteiger partial charge in [0.15, 0.2) is 0 Å². The van der Waals surface area contributed by atoms with Crippen molar-refractivity contribution in [1.29, 1.82) is 0 Å². The number of methoxy groups -OCH3 is 1. The predicted octanol–water partition coefficient (Wildman–Crippen LogP) is 3.40. The second-order valence-corrected chi connectivity index (χ2v) is 6.45. The monoisotopic (exact) mass is 321 g/mol. The van der Waals surface area contributed by atoms with E-state index in [-0.39, 0.29) is 6.04 Å². The Morgan fingerprint density at radius 1 is 1.14 bits per heavy atom. The highest BCUT2D eigenvalue weighted by Gasteiger charge is 2.24. The zero-order valence-corrected chi connectivity index (χ0v) is 13.5. The van der Waals surface area contributed by atoms with E-state index in [1.807, 2.05) is 37.3 Å². The summed E-state index contributed by atoms with van der Waals surface area (Å²) in [5, 5.41) is 2.64. The molecule has 0 fully saturated rings. The van der Waals surface area contributed by atoms with Gasteiger partial charge >= 0.3 is 7.75 Å². The lowest BCUT2D eigenvalue weighted by Gasteiger charge is -2.20. The quantitative estimate of drug-likeness (QED) is 0.765. The van der Waals surface area contributed by atoms with Crippen LogP contribution < -0.4 is 14.3 Å². The molecule has 118 valence electrons. The van der Waals surface area contributed by atoms with Crippen molar-refractivity contribution in [3.05, 3.63) is 60.2 Å². The van der Waals surface area contributed by atoms with Gasteiger partial charge in [0.2, 0.25) is 0 Å². The van der Waals surface area contributed by atoms with E-state index < -0.39 is 7.75 Å². The van der Waals surface area contributed by atoms with E-state index in [2.05, 4.69) is 5.09 Å². The van der Waals surface area contributed by atoms with Gasteiger partial charge in [-0.05, 0) is 37.1 Å². The number of hydrogen-bond donors (Lipinski definition) is 2. The van der Waals surface area contributed by atoms with Crippen LogP contribution in [0.5, 0.6) is 11.5 Å². The molecule has 2 N–H and O–H groups in total. The molecule has 0 aliphatic rings. The van der Waals surface area contributed by atoms with Crippen molar-refractivity contribution in [3.63, 3.8) is 0 Å². The predicted molar refractivity (Wildman–Crippen MR) is 86.2 cm³/mol. The topological polar surface area (TPSA) is 67.8 Å². The maximum atomic E-state index is 12.1. The maximum Gasteiger partial charge on any atom is 0.456 e. The highest BCUT2D eigenvalue weighted by Crippen LogP contribution is 2.39. The van der Waals surface area contributed by atoms with Gasteiger partial charge in [0.1, 0.15) is 11.5 Å². The zero-order valence-electron chi connectivity index (χ0n) is 12.6. The Hall–Kier alpha value is -1.81. The van der Waals surface area contributed by atoms with E-state index in [1.54, 1.807) is 31.4 Å². The summed E-state index contributed by atoms with van der Waals surface area (Å²) in [6, 6.07) is 15.9. The standard InChI is InChI=1S/C16H20NO4P/c1-13(12-14-8-6-7-11-16(14)20-2)17-22(18,19)21-15-9-4-3-5-10-15/h3-11,13H,12H2,1-2H3,(H2,17,18,19). The van der Waals surface area contributed by atoms with E-state index in [9.17, 15) is 9.46 Å². The SMILES string of the molecule is COc1ccccc1CC(C)NP(=O)(O)Oc1ccccc1. The molecule has 0 spiro atoms. The molecular weight excluding hydrogens is 301 g/mol. The Kier molecular flexibility index (Phi) is 5.61. The second kappa shape index (κ2) is 7.45. The summed E-state index contributed by atoms with van der Waals surface area (Å²) in [5.74, 6) is 1.11. The molecule has 6 heteroatoms. The smallest absolute Gasteiger partial charge is 0.456 e. The van der Waals surface area contributed by atoms with Crippen molar-refractivity contribution >= 4 is 7.75 Å². The Morgan fingerprint density at radius 3 is 2.45 bits per heavy atom. The minimum Gasteiger partial charge on any atom is -0.496 e. The van der Waals surface area contributed by atoms with Gasteiger partial charge in [0.25, 0.3) is 0 Å². The summed E-state index contributed by atoms with van der Waals surface area (Å²) >= 11 is 0. The molecule has 5 nitrogen and oxygen atoms in total. The molecule has 0 saturated heterocycles. The van der Waals surface area contributed by atoms with Crippen molar-refractivity contribution in [3.8, 4) is 11.5 Å². The van der Waals surface area contributed by atoms with Crippen LogP contribution in [0.25, 0.3) is 0 Å². The average molecular weight is 321 g/mol. The lowest BCUT2D eigenvalue weighted by atomic mass is 10.1. The molecule has 2 aromatic rings. The van der Waals surface area contributed by atoms with Crippen LogP contribution in [0.1, 0.15) is 12.5 Å². The van der Waals surface area contributed by atoms with E-state index >= 15 is 0 Å². The molecule has 2 unspecified atom stereocenters. The van der Waals surface area contributed by atoms with Crippen LogP contribution in [0.3, 0.4) is 0 Å². The summed E-state index contributed by atoms with van der Waals surface area (Å²) < 4.78 is 22.5. The van der Waals surface area contributed by atoms with Crippen LogP contribution in [-0.4, -0.2) is 18.0 Å². The summed E-state index contributed by atoms with van der Waals surface area (Å²) in [4.78, 5) is 9.93. The molecule has 2 atom stereocenters. The zero-order chi connectivity index (χ0) is 16.0. The highest BCUT2D eigenvalue weighted by molar-refractivity contribution is 7.51. The van der Waals surface area contributed by atoms with E-state index in [0.717, 1.165) is 11.3 Å². The summed E-state index contributed by atoms with van der Waals surface area (Å²) in [6.45, 7) is 1.82. The first-order chi connectivity index (χ1) is 10.5. The number of benzene rings is 2. The van der Waals surface area contributed by atoms with Crippen molar-refractivity contribution in [1.82, 2.24) is 5.09 Å². The van der Waals surface area contributed by atoms with E-state index in [4.69, 9.17) is 9.26 Å². The lowest BCUT2D eigenvalue weighted by Crippen LogP contribution is -2.27. The third kappa shape index (κ3) is 4.88. The van der Waals surface area contributed by atoms with E-state index in [0.29, 0.717) is 12.2 Å². The fraction of sp³-hybridized carbons (Fsp3) is 0.250. The molecule has 0 amide bonds. The molecule has 0 radical (unpaired) electrons. The Morgan fingerprint density at radius 2 is 1.77 bits per heavy atom. The molecule has 0 heterocycles. The van der Waals surface area contributed by atoms with E-state index in [1.165, 1.54) is 0 Å². The number of ether oxygens (including phenoxy) is 1. The number of para-hydroxylation sites is 2. The van der Waals surface area contributed by atoms with Crippen LogP contribution >= 0.6 is 7.75 Å². The summed E-state index contributed by atoms with van der Waals surface area (Å²) in [6.07, 6.45) is 0.548. The minimum absolute atomic E-state index is 0.254. The third-order valence-corrected chi connectivity index (χ3v) is 4.30. The van der Waals surface area contributed by atoms with Gasteiger partial charge in [-0.3, -0.25) is 0 Å². The molecule has 0 aliphatic carbocycles. The Balaban J connectivity index is 1.98. The first-order valence-electron chi connectivity index (χ1n) is 6.97. The average Bonchev–Trinajstić information content (AvgIpc) is 2.47. The van der Waals surface area contributed by atoms with Gasteiger partial charge < -0.3 is 14.2 Å². The first-order valence-corrected chi connectivity index (χ1v) is 8.55. The Bertz CT molecular complexity index is 648. The van der Waals surface area contributed by atoms with Crippen LogP contribution in [0.15, 0.2) is 54.6 Å². The summed E-state index contributed by atoms with van der Waals surface area (Å²) in [7, 11) is -2.32. The number of rotatable bonds is 7. The lowest BCUT2D eigenvalue weighted by molar-refractivity contribution is 0.354. The number of nitrogens with one attached hydrogen (secondary N) is 1. The molecule has 2 aromatic carbocycles. The second-order valence-electron chi connectivity index (χ2n) is 4.97. The summed E-state index contributed by atoms with van der Waals surface area (Å²) in [5.41, 5.74) is 0.963. The van der Waals surface area contributed by atoms with Gasteiger partial charge in [-0.2, -0.15) is 0 Å². The van der Waals surface area contributed by atoms with Crippen LogP contribution in [-0.2, 0) is 11.0 Å². The van der Waals surface area contributed by atoms with Gasteiger partial charge in [-0.1, -0.05) is 36.4 Å². The third-order valence-electron chi connectivity index (χ3n) is 3.07. The molecule has 0 bridgehead atoms. The molecule has 2 rings (SSSR count). The molecule has 0 aromatic heterocycles. The fourth-order valence-corrected chi connectivity index (χ4v) is 3.28. The van der Waals surface area contributed by atoms with Gasteiger partial charge in [0, 0.05) is 6.04 Å². The largest absolute Gasteiger partial charge is 0.496 e. The van der Waals surface area contributed by atoms with Crippen LogP contribution in [0.4, 0.5) is 0 Å². The van der Waals surface area contributed by atoms with Crippen molar-refractivity contribution in [2.75, 3.05) is 7.11 Å². The normalized spacial score (nSPS) is 14.9. The number of hydrogen-bond acceptors (Lipinski definition) is 3. The van der Waals surface area contributed by atoms with Crippen LogP contribution in [0.2, 0.25) is 0 Å². The van der Waals surface area contributed by atoms with Gasteiger partial charge in [0.05, 0.1) is 7.11 Å². The molecular formula is C16H20NO4P. The maximum absolute atomic E-state index is 12.1. The van der Waals surface area contributed by atoms with Crippen LogP contribution in [0, 0.1) is 0 Å².